The summed E-state index contributed by atoms with van der Waals surface area (Å²) in [4.78, 5) is 23.1. The number of carbonyl (C=O) groups is 2. The first-order valence-electron chi connectivity index (χ1n) is 10.4. The second-order valence-corrected chi connectivity index (χ2v) is 7.56. The molecular formula is C24H23N3O7. The topological polar surface area (TPSA) is 146 Å². The van der Waals surface area contributed by atoms with E-state index in [0.717, 1.165) is 18.4 Å². The van der Waals surface area contributed by atoms with Gasteiger partial charge in [0.05, 0.1) is 30.3 Å². The molecule has 34 heavy (non-hydrogen) atoms. The molecule has 1 aliphatic carbocycles. The number of carbonyl (C=O) groups excluding carboxylic acids is 1. The van der Waals surface area contributed by atoms with Crippen LogP contribution in [0.15, 0.2) is 66.1 Å². The molecule has 1 aromatic carbocycles. The predicted octanol–water partition coefficient (Wildman–Crippen LogP) is 2.61. The molecule has 176 valence electrons. The first-order chi connectivity index (χ1) is 16.4. The number of benzene rings is 1. The maximum atomic E-state index is 11.7. The second kappa shape index (κ2) is 9.67. The van der Waals surface area contributed by atoms with E-state index in [2.05, 4.69) is 11.2 Å². The lowest BCUT2D eigenvalue weighted by Gasteiger charge is -2.17. The van der Waals surface area contributed by atoms with E-state index >= 15 is 0 Å². The summed E-state index contributed by atoms with van der Waals surface area (Å²) < 4.78 is 18.1. The number of rotatable bonds is 8. The van der Waals surface area contributed by atoms with Gasteiger partial charge >= 0.3 is 5.97 Å². The van der Waals surface area contributed by atoms with Gasteiger partial charge in [-0.25, -0.2) is 4.79 Å². The maximum absolute atomic E-state index is 11.7. The number of aliphatic hydroxyl groups is 1. The SMILES string of the molecule is COc1c(C(=O)O)ccc2c1c(C=CC1=COC=C(C3=CC=CCC3)O1)nn2CC(O)C(N)=O. The number of carboxylic acids is 1. The first-order valence-corrected chi connectivity index (χ1v) is 10.4. The molecule has 10 nitrogen and oxygen atoms in total. The number of nitrogens with two attached hydrogens (primary N) is 1. The monoisotopic (exact) mass is 465 g/mol. The summed E-state index contributed by atoms with van der Waals surface area (Å²) in [7, 11) is 1.36. The van der Waals surface area contributed by atoms with Gasteiger partial charge in [-0.15, -0.1) is 0 Å². The van der Waals surface area contributed by atoms with Gasteiger partial charge in [0, 0.05) is 0 Å². The van der Waals surface area contributed by atoms with Crippen molar-refractivity contribution in [1.82, 2.24) is 9.78 Å². The van der Waals surface area contributed by atoms with Gasteiger partial charge in [0.1, 0.15) is 23.8 Å². The minimum Gasteiger partial charge on any atom is -0.495 e. The molecule has 1 amide bonds. The largest absolute Gasteiger partial charge is 0.495 e. The van der Waals surface area contributed by atoms with Crippen molar-refractivity contribution in [2.24, 2.45) is 5.73 Å². The highest BCUT2D eigenvalue weighted by atomic mass is 16.5. The highest BCUT2D eigenvalue weighted by Crippen LogP contribution is 2.34. The van der Waals surface area contributed by atoms with Gasteiger partial charge in [-0.05, 0) is 42.7 Å². The Bertz CT molecular complexity index is 1300. The molecule has 2 aliphatic rings. The van der Waals surface area contributed by atoms with E-state index in [4.69, 9.17) is 19.9 Å². The quantitative estimate of drug-likeness (QED) is 0.539. The Labute approximate surface area is 194 Å². The van der Waals surface area contributed by atoms with E-state index in [-0.39, 0.29) is 17.9 Å². The lowest BCUT2D eigenvalue weighted by Crippen LogP contribution is -2.32. The number of aromatic nitrogens is 2. The molecule has 2 heterocycles. The molecule has 2 aromatic rings. The third-order valence-electron chi connectivity index (χ3n) is 5.33. The average Bonchev–Trinajstić information content (AvgIpc) is 3.20. The number of amides is 1. The van der Waals surface area contributed by atoms with Crippen LogP contribution in [0.4, 0.5) is 0 Å². The zero-order chi connectivity index (χ0) is 24.2. The highest BCUT2D eigenvalue weighted by molar-refractivity contribution is 6.02. The van der Waals surface area contributed by atoms with Crippen LogP contribution in [0.3, 0.4) is 0 Å². The number of primary amides is 1. The third-order valence-corrected chi connectivity index (χ3v) is 5.33. The van der Waals surface area contributed by atoms with Crippen LogP contribution in [-0.4, -0.2) is 45.1 Å². The lowest BCUT2D eigenvalue weighted by molar-refractivity contribution is -0.126. The van der Waals surface area contributed by atoms with Gasteiger partial charge in [0.2, 0.25) is 5.91 Å². The van der Waals surface area contributed by atoms with E-state index in [0.29, 0.717) is 28.1 Å². The number of methoxy groups -OCH3 is 1. The molecule has 0 fully saturated rings. The van der Waals surface area contributed by atoms with Crippen molar-refractivity contribution >= 4 is 28.9 Å². The Morgan fingerprint density at radius 2 is 2.15 bits per heavy atom. The molecule has 1 unspecified atom stereocenters. The van der Waals surface area contributed by atoms with Crippen molar-refractivity contribution in [1.29, 1.82) is 0 Å². The molecule has 0 spiro atoms. The third kappa shape index (κ3) is 4.57. The predicted molar refractivity (Wildman–Crippen MR) is 122 cm³/mol. The van der Waals surface area contributed by atoms with Gasteiger partial charge in [0.25, 0.3) is 0 Å². The van der Waals surface area contributed by atoms with Crippen LogP contribution >= 0.6 is 0 Å². The Kier molecular flexibility index (Phi) is 6.51. The fourth-order valence-corrected chi connectivity index (χ4v) is 3.68. The molecule has 1 aliphatic heterocycles. The zero-order valence-corrected chi connectivity index (χ0v) is 18.3. The van der Waals surface area contributed by atoms with Crippen LogP contribution in [0.2, 0.25) is 0 Å². The molecule has 4 rings (SSSR count). The molecular weight excluding hydrogens is 442 g/mol. The Hall–Kier alpha value is -4.31. The van der Waals surface area contributed by atoms with Crippen molar-refractivity contribution in [3.05, 3.63) is 77.3 Å². The molecule has 1 aromatic heterocycles. The number of fused-ring (bicyclic) bond motifs is 1. The summed E-state index contributed by atoms with van der Waals surface area (Å²) in [6.45, 7) is -0.216. The number of hydrogen-bond donors (Lipinski definition) is 3. The fraction of sp³-hybridized carbons (Fsp3) is 0.208. The molecule has 0 bridgehead atoms. The Balaban J connectivity index is 1.71. The lowest BCUT2D eigenvalue weighted by atomic mass is 10.0. The van der Waals surface area contributed by atoms with Crippen LogP contribution in [0.25, 0.3) is 17.0 Å². The van der Waals surface area contributed by atoms with Crippen LogP contribution < -0.4 is 10.5 Å². The summed E-state index contributed by atoms with van der Waals surface area (Å²) >= 11 is 0. The fourth-order valence-electron chi connectivity index (χ4n) is 3.68. The smallest absolute Gasteiger partial charge is 0.339 e. The van der Waals surface area contributed by atoms with E-state index in [1.54, 1.807) is 12.2 Å². The molecule has 10 heteroatoms. The standard InChI is InChI=1S/C24H23N3O7/c1-32-22-16(24(30)31)8-10-18-21(22)17(26-27(18)11-19(28)23(25)29)9-7-15-12-33-13-20(34-15)14-5-3-2-4-6-14/h2-3,5,7-10,12-13,19,28H,4,6,11H2,1H3,(H2,25,29)(H,30,31). The minimum absolute atomic E-state index is 0.0568. The molecule has 1 atom stereocenters. The van der Waals surface area contributed by atoms with Crippen LogP contribution in [0, 0.1) is 0 Å². The molecule has 0 saturated carbocycles. The highest BCUT2D eigenvalue weighted by Gasteiger charge is 2.23. The van der Waals surface area contributed by atoms with Crippen LogP contribution in [0.1, 0.15) is 28.9 Å². The number of aliphatic hydroxyl groups excluding tert-OH is 1. The number of allylic oxidation sites excluding steroid dienone is 5. The van der Waals surface area contributed by atoms with Crippen LogP contribution in [0.5, 0.6) is 5.75 Å². The number of nitrogens with zero attached hydrogens (tertiary/aromatic N) is 2. The summed E-state index contributed by atoms with van der Waals surface area (Å²) in [5, 5.41) is 24.4. The molecule has 4 N–H and O–H groups in total. The van der Waals surface area contributed by atoms with Gasteiger partial charge in [-0.1, -0.05) is 18.2 Å². The van der Waals surface area contributed by atoms with Gasteiger partial charge in [-0.3, -0.25) is 9.48 Å². The van der Waals surface area contributed by atoms with Crippen molar-refractivity contribution in [2.75, 3.05) is 7.11 Å². The Morgan fingerprint density at radius 3 is 2.82 bits per heavy atom. The summed E-state index contributed by atoms with van der Waals surface area (Å²) in [5.74, 6) is -0.980. The zero-order valence-electron chi connectivity index (χ0n) is 18.3. The van der Waals surface area contributed by atoms with Gasteiger partial charge < -0.3 is 30.2 Å². The van der Waals surface area contributed by atoms with Gasteiger partial charge in [-0.2, -0.15) is 5.10 Å². The normalized spacial score (nSPS) is 16.4. The average molecular weight is 465 g/mol. The molecule has 0 saturated heterocycles. The molecule has 0 radical (unpaired) electrons. The number of hydrogen-bond acceptors (Lipinski definition) is 7. The van der Waals surface area contributed by atoms with Crippen molar-refractivity contribution < 1.29 is 34.0 Å². The second-order valence-electron chi connectivity index (χ2n) is 7.56. The minimum atomic E-state index is -1.48. The number of aromatic carboxylic acids is 1. The van der Waals surface area contributed by atoms with E-state index in [1.807, 2.05) is 12.2 Å². The summed E-state index contributed by atoms with van der Waals surface area (Å²) in [6, 6.07) is 2.90. The van der Waals surface area contributed by atoms with Gasteiger partial charge in [0.15, 0.2) is 17.6 Å². The van der Waals surface area contributed by atoms with E-state index < -0.39 is 18.0 Å². The van der Waals surface area contributed by atoms with Crippen molar-refractivity contribution in [3.63, 3.8) is 0 Å². The Morgan fingerprint density at radius 1 is 1.32 bits per heavy atom. The van der Waals surface area contributed by atoms with Crippen molar-refractivity contribution in [2.45, 2.75) is 25.5 Å². The van der Waals surface area contributed by atoms with Crippen molar-refractivity contribution in [3.8, 4) is 5.75 Å². The first kappa shape index (κ1) is 22.9. The number of carboxylic acid groups (broad SMARTS) is 1. The van der Waals surface area contributed by atoms with Crippen LogP contribution in [-0.2, 0) is 20.8 Å². The van der Waals surface area contributed by atoms with E-state index in [9.17, 15) is 19.8 Å². The maximum Gasteiger partial charge on any atom is 0.339 e. The summed E-state index contributed by atoms with van der Waals surface area (Å²) in [6.07, 6.45) is 12.4. The summed E-state index contributed by atoms with van der Waals surface area (Å²) in [5.41, 5.74) is 6.93. The van der Waals surface area contributed by atoms with E-state index in [1.165, 1.54) is 36.4 Å². The number of ether oxygens (including phenoxy) is 3.